The van der Waals surface area contributed by atoms with Gasteiger partial charge in [-0.15, -0.1) is 5.92 Å². The fraction of sp³-hybridized carbons (Fsp3) is 0.913. The van der Waals surface area contributed by atoms with Crippen molar-refractivity contribution in [2.45, 2.75) is 136 Å². The summed E-state index contributed by atoms with van der Waals surface area (Å²) in [5.74, 6) is 6.14. The molecule has 0 rings (SSSR count). The SMILES string of the molecule is C[C@H](CCC#C[C@@H](O)CC[C@@H](C)O[Si](C)(C)C(C)(C)C)O[Si](C)(C)C(C)(C)C. The van der Waals surface area contributed by atoms with Crippen molar-refractivity contribution in [2.24, 2.45) is 0 Å². The van der Waals surface area contributed by atoms with Crippen molar-refractivity contribution >= 4 is 16.6 Å². The fourth-order valence-electron chi connectivity index (χ4n) is 2.41. The highest BCUT2D eigenvalue weighted by molar-refractivity contribution is 6.74. The first-order valence-corrected chi connectivity index (χ1v) is 16.7. The molecule has 3 nitrogen and oxygen atoms in total. The Balaban J connectivity index is 4.30. The number of aliphatic hydroxyl groups is 1. The van der Waals surface area contributed by atoms with E-state index in [4.69, 9.17) is 8.85 Å². The second kappa shape index (κ2) is 10.8. The smallest absolute Gasteiger partial charge is 0.192 e. The van der Waals surface area contributed by atoms with Gasteiger partial charge in [0.05, 0.1) is 0 Å². The second-order valence-corrected chi connectivity index (χ2v) is 20.8. The van der Waals surface area contributed by atoms with Gasteiger partial charge in [0.2, 0.25) is 0 Å². The molecule has 0 aromatic rings. The van der Waals surface area contributed by atoms with Crippen LogP contribution in [0.5, 0.6) is 0 Å². The topological polar surface area (TPSA) is 38.7 Å². The highest BCUT2D eigenvalue weighted by Crippen LogP contribution is 2.38. The molecular formula is C23H48O3Si2. The average molecular weight is 429 g/mol. The summed E-state index contributed by atoms with van der Waals surface area (Å²) in [6, 6.07) is 0. The van der Waals surface area contributed by atoms with Gasteiger partial charge in [0.25, 0.3) is 0 Å². The van der Waals surface area contributed by atoms with Crippen LogP contribution in [0.4, 0.5) is 0 Å². The minimum atomic E-state index is -1.75. The molecule has 5 heteroatoms. The van der Waals surface area contributed by atoms with Crippen molar-refractivity contribution in [3.05, 3.63) is 0 Å². The van der Waals surface area contributed by atoms with E-state index in [1.165, 1.54) is 0 Å². The van der Waals surface area contributed by atoms with E-state index in [0.717, 1.165) is 19.3 Å². The summed E-state index contributed by atoms with van der Waals surface area (Å²) < 4.78 is 12.7. The monoisotopic (exact) mass is 428 g/mol. The van der Waals surface area contributed by atoms with Crippen LogP contribution in [0.15, 0.2) is 0 Å². The van der Waals surface area contributed by atoms with E-state index in [1.54, 1.807) is 0 Å². The molecule has 0 aliphatic heterocycles. The minimum absolute atomic E-state index is 0.162. The van der Waals surface area contributed by atoms with Gasteiger partial charge in [-0.25, -0.2) is 0 Å². The molecule has 0 fully saturated rings. The largest absolute Gasteiger partial charge is 0.414 e. The number of rotatable bonds is 9. The van der Waals surface area contributed by atoms with Crippen LogP contribution in [0.3, 0.4) is 0 Å². The first-order chi connectivity index (χ1) is 12.4. The van der Waals surface area contributed by atoms with Crippen molar-refractivity contribution in [1.82, 2.24) is 0 Å². The van der Waals surface area contributed by atoms with E-state index in [-0.39, 0.29) is 22.3 Å². The van der Waals surface area contributed by atoms with Crippen molar-refractivity contribution in [2.75, 3.05) is 0 Å². The Hall–Kier alpha value is -0.126. The Bertz CT molecular complexity index is 519. The first kappa shape index (κ1) is 27.9. The van der Waals surface area contributed by atoms with E-state index < -0.39 is 22.7 Å². The van der Waals surface area contributed by atoms with Crippen LogP contribution in [0.25, 0.3) is 0 Å². The Kier molecular flexibility index (Phi) is 10.7. The average Bonchev–Trinajstić information content (AvgIpc) is 2.46. The third-order valence-corrected chi connectivity index (χ3v) is 15.6. The van der Waals surface area contributed by atoms with Gasteiger partial charge in [-0.3, -0.25) is 0 Å². The third-order valence-electron chi connectivity index (χ3n) is 6.40. The van der Waals surface area contributed by atoms with Gasteiger partial charge in [-0.05, 0) is 69.4 Å². The molecule has 0 aromatic carbocycles. The Labute approximate surface area is 178 Å². The molecule has 0 unspecified atom stereocenters. The molecule has 0 heterocycles. The predicted octanol–water partition coefficient (Wildman–Crippen LogP) is 6.73. The molecule has 0 bridgehead atoms. The van der Waals surface area contributed by atoms with E-state index >= 15 is 0 Å². The summed E-state index contributed by atoms with van der Waals surface area (Å²) in [7, 11) is -3.46. The maximum absolute atomic E-state index is 10.2. The molecular weight excluding hydrogens is 380 g/mol. The highest BCUT2D eigenvalue weighted by atomic mass is 28.4. The molecule has 0 amide bonds. The number of hydrogen-bond donors (Lipinski definition) is 1. The zero-order chi connectivity index (χ0) is 22.4. The van der Waals surface area contributed by atoms with Crippen molar-refractivity contribution in [1.29, 1.82) is 0 Å². The summed E-state index contributed by atoms with van der Waals surface area (Å²) >= 11 is 0. The summed E-state index contributed by atoms with van der Waals surface area (Å²) in [6.45, 7) is 26.9. The zero-order valence-electron chi connectivity index (χ0n) is 20.8. The van der Waals surface area contributed by atoms with Crippen molar-refractivity contribution in [3.8, 4) is 11.8 Å². The molecule has 0 aromatic heterocycles. The Morgan fingerprint density at radius 3 is 1.54 bits per heavy atom. The molecule has 3 atom stereocenters. The minimum Gasteiger partial charge on any atom is -0.414 e. The van der Waals surface area contributed by atoms with Gasteiger partial charge in [0.1, 0.15) is 6.10 Å². The van der Waals surface area contributed by atoms with Crippen molar-refractivity contribution in [3.63, 3.8) is 0 Å². The lowest BCUT2D eigenvalue weighted by atomic mass is 10.1. The molecule has 0 aliphatic rings. The molecule has 0 saturated carbocycles. The number of aliphatic hydroxyl groups excluding tert-OH is 1. The summed E-state index contributed by atoms with van der Waals surface area (Å²) in [5, 5.41) is 10.6. The lowest BCUT2D eigenvalue weighted by molar-refractivity contribution is 0.154. The van der Waals surface area contributed by atoms with Crippen LogP contribution in [-0.4, -0.2) is 40.1 Å². The van der Waals surface area contributed by atoms with Gasteiger partial charge in [0, 0.05) is 18.6 Å². The molecule has 0 spiro atoms. The van der Waals surface area contributed by atoms with Crippen LogP contribution in [0, 0.1) is 11.8 Å². The van der Waals surface area contributed by atoms with E-state index in [1.807, 2.05) is 0 Å². The quantitative estimate of drug-likeness (QED) is 0.327. The van der Waals surface area contributed by atoms with Gasteiger partial charge >= 0.3 is 0 Å². The van der Waals surface area contributed by atoms with Crippen LogP contribution in [0.1, 0.15) is 81.1 Å². The summed E-state index contributed by atoms with van der Waals surface area (Å²) in [6.07, 6.45) is 2.99. The number of hydrogen-bond acceptors (Lipinski definition) is 3. The fourth-order valence-corrected chi connectivity index (χ4v) is 5.36. The van der Waals surface area contributed by atoms with E-state index in [2.05, 4.69) is 93.4 Å². The van der Waals surface area contributed by atoms with Crippen LogP contribution >= 0.6 is 0 Å². The predicted molar refractivity (Wildman–Crippen MR) is 128 cm³/mol. The van der Waals surface area contributed by atoms with Crippen LogP contribution < -0.4 is 0 Å². The molecule has 166 valence electrons. The molecule has 0 saturated heterocycles. The van der Waals surface area contributed by atoms with E-state index in [9.17, 15) is 5.11 Å². The van der Waals surface area contributed by atoms with Gasteiger partial charge in [-0.1, -0.05) is 47.5 Å². The molecule has 1 N–H and O–H groups in total. The van der Waals surface area contributed by atoms with E-state index in [0.29, 0.717) is 6.42 Å². The normalized spacial score (nSPS) is 16.9. The van der Waals surface area contributed by atoms with Crippen LogP contribution in [-0.2, 0) is 8.85 Å². The summed E-state index contributed by atoms with van der Waals surface area (Å²) in [4.78, 5) is 0. The van der Waals surface area contributed by atoms with Crippen LogP contribution in [0.2, 0.25) is 36.3 Å². The third kappa shape index (κ3) is 10.1. The second-order valence-electron chi connectivity index (χ2n) is 11.3. The molecule has 28 heavy (non-hydrogen) atoms. The lowest BCUT2D eigenvalue weighted by Gasteiger charge is -2.38. The maximum atomic E-state index is 10.2. The standard InChI is InChI=1S/C23H48O3Si2/c1-19(25-27(9,10)22(3,4)5)15-13-14-16-21(24)18-17-20(2)26-28(11,12)23(6,7)8/h19-21,24H,13,15,17-18H2,1-12H3/t19-,20-,21-/m1/s1. The first-order valence-electron chi connectivity index (χ1n) is 10.9. The highest BCUT2D eigenvalue weighted by Gasteiger charge is 2.39. The molecule has 0 radical (unpaired) electrons. The van der Waals surface area contributed by atoms with Gasteiger partial charge in [0.15, 0.2) is 16.6 Å². The van der Waals surface area contributed by atoms with Gasteiger partial charge < -0.3 is 14.0 Å². The van der Waals surface area contributed by atoms with Gasteiger partial charge in [-0.2, -0.15) is 0 Å². The Morgan fingerprint density at radius 1 is 0.750 bits per heavy atom. The zero-order valence-corrected chi connectivity index (χ0v) is 22.8. The summed E-state index contributed by atoms with van der Waals surface area (Å²) in [5.41, 5.74) is 0. The Morgan fingerprint density at radius 2 is 1.14 bits per heavy atom. The van der Waals surface area contributed by atoms with Crippen molar-refractivity contribution < 1.29 is 14.0 Å². The maximum Gasteiger partial charge on any atom is 0.192 e. The molecule has 0 aliphatic carbocycles. The lowest BCUT2D eigenvalue weighted by Crippen LogP contribution is -2.43.